The number of rotatable bonds is 4. The molecule has 0 bridgehead atoms. The zero-order valence-electron chi connectivity index (χ0n) is 12.9. The first-order chi connectivity index (χ1) is 10.9. The fraction of sp³-hybridized carbons (Fsp3) is 0.438. The number of piperazine rings is 1. The highest BCUT2D eigenvalue weighted by molar-refractivity contribution is 6.68. The molecule has 23 heavy (non-hydrogen) atoms. The molecular formula is C16H20Cl3N3O. The van der Waals surface area contributed by atoms with Gasteiger partial charge in [0.1, 0.15) is 6.17 Å². The predicted octanol–water partition coefficient (Wildman–Crippen LogP) is 2.76. The van der Waals surface area contributed by atoms with E-state index in [2.05, 4.69) is 10.2 Å². The van der Waals surface area contributed by atoms with Crippen LogP contribution in [0.5, 0.6) is 0 Å². The lowest BCUT2D eigenvalue weighted by atomic mass is 10.2. The van der Waals surface area contributed by atoms with Gasteiger partial charge in [-0.2, -0.15) is 0 Å². The van der Waals surface area contributed by atoms with Gasteiger partial charge in [0.25, 0.3) is 0 Å². The minimum atomic E-state index is -1.59. The van der Waals surface area contributed by atoms with E-state index in [1.807, 2.05) is 42.3 Å². The van der Waals surface area contributed by atoms with E-state index in [-0.39, 0.29) is 5.91 Å². The predicted molar refractivity (Wildman–Crippen MR) is 96.8 cm³/mol. The van der Waals surface area contributed by atoms with E-state index in [0.29, 0.717) is 0 Å². The van der Waals surface area contributed by atoms with Crippen molar-refractivity contribution in [1.29, 1.82) is 0 Å². The molecule has 1 N–H and O–H groups in total. The number of hydrogen-bond donors (Lipinski definition) is 1. The largest absolute Gasteiger partial charge is 0.333 e. The maximum atomic E-state index is 12.2. The zero-order chi connectivity index (χ0) is 16.9. The number of benzene rings is 1. The minimum Gasteiger partial charge on any atom is -0.333 e. The lowest BCUT2D eigenvalue weighted by molar-refractivity contribution is -0.118. The van der Waals surface area contributed by atoms with Crippen molar-refractivity contribution in [2.75, 3.05) is 33.2 Å². The lowest BCUT2D eigenvalue weighted by Gasteiger charge is -2.40. The van der Waals surface area contributed by atoms with Crippen LogP contribution in [-0.4, -0.2) is 58.9 Å². The van der Waals surface area contributed by atoms with Gasteiger partial charge in [0.15, 0.2) is 0 Å². The van der Waals surface area contributed by atoms with E-state index in [1.165, 1.54) is 6.08 Å². The summed E-state index contributed by atoms with van der Waals surface area (Å²) in [6.45, 7) is 3.20. The quantitative estimate of drug-likeness (QED) is 0.648. The van der Waals surface area contributed by atoms with Crippen molar-refractivity contribution in [1.82, 2.24) is 15.1 Å². The van der Waals surface area contributed by atoms with E-state index < -0.39 is 9.96 Å². The molecule has 1 atom stereocenters. The van der Waals surface area contributed by atoms with Crippen LogP contribution in [0.1, 0.15) is 5.56 Å². The highest BCUT2D eigenvalue weighted by atomic mass is 35.6. The molecular weight excluding hydrogens is 357 g/mol. The molecule has 1 aliphatic rings. The van der Waals surface area contributed by atoms with E-state index in [9.17, 15) is 4.79 Å². The van der Waals surface area contributed by atoms with Gasteiger partial charge < -0.3 is 10.2 Å². The van der Waals surface area contributed by atoms with Crippen LogP contribution in [0.4, 0.5) is 0 Å². The number of hydrogen-bond acceptors (Lipinski definition) is 3. The Labute approximate surface area is 152 Å². The Kier molecular flexibility index (Phi) is 6.74. The molecule has 0 aromatic heterocycles. The maximum Gasteiger partial charge on any atom is 0.245 e. The molecule has 1 amide bonds. The Morgan fingerprint density at radius 3 is 2.35 bits per heavy atom. The summed E-state index contributed by atoms with van der Waals surface area (Å²) in [7, 11) is 2.04. The number of likely N-dealkylation sites (N-methyl/N-ethyl adjacent to an activating group) is 1. The van der Waals surface area contributed by atoms with Gasteiger partial charge in [-0.1, -0.05) is 65.1 Å². The summed E-state index contributed by atoms with van der Waals surface area (Å²) in [5, 5.41) is 2.80. The molecule has 1 aromatic rings. The third-order valence-electron chi connectivity index (χ3n) is 3.72. The number of nitrogens with zero attached hydrogens (tertiary/aromatic N) is 2. The van der Waals surface area contributed by atoms with Crippen molar-refractivity contribution >= 4 is 46.8 Å². The third kappa shape index (κ3) is 5.98. The maximum absolute atomic E-state index is 12.2. The molecule has 2 rings (SSSR count). The number of carbonyl (C=O) groups is 1. The molecule has 0 aliphatic carbocycles. The second-order valence-corrected chi connectivity index (χ2v) is 7.90. The van der Waals surface area contributed by atoms with Gasteiger partial charge in [0.2, 0.25) is 9.70 Å². The summed E-state index contributed by atoms with van der Waals surface area (Å²) in [6, 6.07) is 9.56. The van der Waals surface area contributed by atoms with E-state index in [4.69, 9.17) is 34.8 Å². The summed E-state index contributed by atoms with van der Waals surface area (Å²) >= 11 is 18.2. The van der Waals surface area contributed by atoms with Gasteiger partial charge in [0.05, 0.1) is 0 Å². The second kappa shape index (κ2) is 8.36. The van der Waals surface area contributed by atoms with Crippen molar-refractivity contribution in [3.05, 3.63) is 42.0 Å². The fourth-order valence-electron chi connectivity index (χ4n) is 2.38. The average molecular weight is 377 g/mol. The standard InChI is InChI=1S/C16H20Cl3N3O/c1-21-9-11-22(12-10-21)15(16(17,18)19)20-14(23)8-7-13-5-3-2-4-6-13/h2-8,15H,9-12H2,1H3,(H,20,23)/b8-7+/t15-/m0/s1. The summed E-state index contributed by atoms with van der Waals surface area (Å²) in [4.78, 5) is 16.4. The molecule has 0 radical (unpaired) electrons. The lowest BCUT2D eigenvalue weighted by Crippen LogP contribution is -2.60. The third-order valence-corrected chi connectivity index (χ3v) is 4.34. The summed E-state index contributed by atoms with van der Waals surface area (Å²) in [5.41, 5.74) is 0.938. The molecule has 126 valence electrons. The first-order valence-electron chi connectivity index (χ1n) is 7.39. The molecule has 0 unspecified atom stereocenters. The highest BCUT2D eigenvalue weighted by Crippen LogP contribution is 2.32. The van der Waals surface area contributed by atoms with E-state index >= 15 is 0 Å². The van der Waals surface area contributed by atoms with Gasteiger partial charge in [-0.05, 0) is 18.7 Å². The fourth-order valence-corrected chi connectivity index (χ4v) is 2.96. The Morgan fingerprint density at radius 2 is 1.78 bits per heavy atom. The van der Waals surface area contributed by atoms with Crippen LogP contribution < -0.4 is 5.32 Å². The van der Waals surface area contributed by atoms with Crippen molar-refractivity contribution in [3.8, 4) is 0 Å². The van der Waals surface area contributed by atoms with Gasteiger partial charge in [-0.3, -0.25) is 9.69 Å². The monoisotopic (exact) mass is 375 g/mol. The van der Waals surface area contributed by atoms with E-state index in [0.717, 1.165) is 31.7 Å². The zero-order valence-corrected chi connectivity index (χ0v) is 15.2. The number of amides is 1. The van der Waals surface area contributed by atoms with Crippen LogP contribution in [0, 0.1) is 0 Å². The van der Waals surface area contributed by atoms with Crippen molar-refractivity contribution < 1.29 is 4.79 Å². The second-order valence-electron chi connectivity index (χ2n) is 5.54. The van der Waals surface area contributed by atoms with Gasteiger partial charge in [-0.15, -0.1) is 0 Å². The van der Waals surface area contributed by atoms with Crippen LogP contribution in [0.15, 0.2) is 36.4 Å². The number of halogens is 3. The molecule has 0 spiro atoms. The van der Waals surface area contributed by atoms with Crippen molar-refractivity contribution in [3.63, 3.8) is 0 Å². The van der Waals surface area contributed by atoms with Crippen molar-refractivity contribution in [2.24, 2.45) is 0 Å². The van der Waals surface area contributed by atoms with Crippen LogP contribution in [0.3, 0.4) is 0 Å². The molecule has 4 nitrogen and oxygen atoms in total. The van der Waals surface area contributed by atoms with Crippen LogP contribution in [0.25, 0.3) is 6.08 Å². The first kappa shape index (κ1) is 18.6. The summed E-state index contributed by atoms with van der Waals surface area (Å²) < 4.78 is -1.59. The Bertz CT molecular complexity index is 537. The number of nitrogens with one attached hydrogen (secondary N) is 1. The van der Waals surface area contributed by atoms with Crippen LogP contribution in [-0.2, 0) is 4.79 Å². The molecule has 1 fully saturated rings. The molecule has 7 heteroatoms. The van der Waals surface area contributed by atoms with Gasteiger partial charge in [0, 0.05) is 32.3 Å². The Hall–Kier alpha value is -0.780. The molecule has 1 heterocycles. The Balaban J connectivity index is 2.00. The molecule has 1 saturated heterocycles. The average Bonchev–Trinajstić information content (AvgIpc) is 2.52. The Morgan fingerprint density at radius 1 is 1.17 bits per heavy atom. The van der Waals surface area contributed by atoms with Crippen LogP contribution >= 0.6 is 34.8 Å². The molecule has 1 aliphatic heterocycles. The smallest absolute Gasteiger partial charge is 0.245 e. The molecule has 0 saturated carbocycles. The van der Waals surface area contributed by atoms with Crippen LogP contribution in [0.2, 0.25) is 0 Å². The van der Waals surface area contributed by atoms with Gasteiger partial charge >= 0.3 is 0 Å². The normalized spacial score (nSPS) is 19.0. The summed E-state index contributed by atoms with van der Waals surface area (Å²) in [6.07, 6.45) is 2.53. The minimum absolute atomic E-state index is 0.288. The highest BCUT2D eigenvalue weighted by Gasteiger charge is 2.39. The number of carbonyl (C=O) groups excluding carboxylic acids is 1. The topological polar surface area (TPSA) is 35.6 Å². The van der Waals surface area contributed by atoms with Crippen molar-refractivity contribution in [2.45, 2.75) is 9.96 Å². The first-order valence-corrected chi connectivity index (χ1v) is 8.52. The van der Waals surface area contributed by atoms with E-state index in [1.54, 1.807) is 6.08 Å². The molecule has 1 aromatic carbocycles. The van der Waals surface area contributed by atoms with Gasteiger partial charge in [-0.25, -0.2) is 0 Å². The SMILES string of the molecule is CN1CCN([C@H](NC(=O)/C=C/c2ccccc2)C(Cl)(Cl)Cl)CC1. The number of alkyl halides is 3. The summed E-state index contributed by atoms with van der Waals surface area (Å²) in [5.74, 6) is -0.288.